The summed E-state index contributed by atoms with van der Waals surface area (Å²) < 4.78 is 22.3. The molecule has 0 saturated heterocycles. The zero-order chi connectivity index (χ0) is 14.5. The fraction of sp³-hybridized carbons (Fsp3) is 0.538. The van der Waals surface area contributed by atoms with Gasteiger partial charge in [-0.05, 0) is 12.6 Å². The maximum Gasteiger partial charge on any atom is 0.148 e. The number of hydrogen-bond acceptors (Lipinski definition) is 5. The first-order chi connectivity index (χ1) is 8.77. The summed E-state index contributed by atoms with van der Waals surface area (Å²) in [6.07, 6.45) is 1.21. The van der Waals surface area contributed by atoms with Crippen LogP contribution in [0.25, 0.3) is 0 Å². The van der Waals surface area contributed by atoms with Crippen molar-refractivity contribution in [3.05, 3.63) is 35.9 Å². The van der Waals surface area contributed by atoms with Gasteiger partial charge in [-0.25, -0.2) is 8.42 Å². The van der Waals surface area contributed by atoms with Gasteiger partial charge >= 0.3 is 0 Å². The molecule has 1 aromatic carbocycles. The second-order valence-electron chi connectivity index (χ2n) is 5.05. The summed E-state index contributed by atoms with van der Waals surface area (Å²) in [5.41, 5.74) is 6.17. The Hall–Kier alpha value is -0.950. The maximum absolute atomic E-state index is 11.1. The van der Waals surface area contributed by atoms with Gasteiger partial charge in [-0.3, -0.25) is 0 Å². The van der Waals surface area contributed by atoms with E-state index < -0.39 is 15.4 Å². The monoisotopic (exact) mass is 286 g/mol. The molecule has 0 aliphatic carbocycles. The molecule has 0 aliphatic heterocycles. The van der Waals surface area contributed by atoms with Gasteiger partial charge in [0.05, 0.1) is 17.9 Å². The fourth-order valence-electron chi connectivity index (χ4n) is 1.89. The second-order valence-corrected chi connectivity index (χ2v) is 7.31. The second kappa shape index (κ2) is 6.47. The highest BCUT2D eigenvalue weighted by molar-refractivity contribution is 7.90. The fourth-order valence-corrected chi connectivity index (χ4v) is 2.53. The third-order valence-corrected chi connectivity index (χ3v) is 3.95. The molecule has 0 radical (unpaired) electrons. The van der Waals surface area contributed by atoms with E-state index in [0.29, 0.717) is 13.1 Å². The topological polar surface area (TPSA) is 83.6 Å². The number of aliphatic hydroxyl groups excluding tert-OH is 1. The Morgan fingerprint density at radius 2 is 1.89 bits per heavy atom. The average Bonchev–Trinajstić information content (AvgIpc) is 2.36. The smallest absolute Gasteiger partial charge is 0.148 e. The van der Waals surface area contributed by atoms with Gasteiger partial charge in [0.15, 0.2) is 0 Å². The number of aliphatic hydroxyl groups is 1. The molecule has 5 nitrogen and oxygen atoms in total. The van der Waals surface area contributed by atoms with Gasteiger partial charge in [-0.15, -0.1) is 0 Å². The molecule has 1 atom stereocenters. The van der Waals surface area contributed by atoms with Crippen LogP contribution in [-0.2, 0) is 15.4 Å². The van der Waals surface area contributed by atoms with Gasteiger partial charge in [-0.2, -0.15) is 0 Å². The number of nitrogens with two attached hydrogens (primary N) is 1. The first kappa shape index (κ1) is 16.1. The van der Waals surface area contributed by atoms with Crippen LogP contribution < -0.4 is 5.73 Å². The molecule has 0 aromatic heterocycles. The zero-order valence-electron chi connectivity index (χ0n) is 11.4. The third kappa shape index (κ3) is 5.28. The summed E-state index contributed by atoms with van der Waals surface area (Å²) in [5, 5.41) is 9.55. The van der Waals surface area contributed by atoms with Crippen LogP contribution in [0.4, 0.5) is 0 Å². The summed E-state index contributed by atoms with van der Waals surface area (Å²) in [5.74, 6) is 0.0831. The summed E-state index contributed by atoms with van der Waals surface area (Å²) in [6.45, 7) is 0.591. The van der Waals surface area contributed by atoms with E-state index in [4.69, 9.17) is 5.73 Å². The lowest BCUT2D eigenvalue weighted by atomic mass is 9.91. The van der Waals surface area contributed by atoms with E-state index in [1.165, 1.54) is 6.26 Å². The lowest BCUT2D eigenvalue weighted by molar-refractivity contribution is 0.153. The minimum Gasteiger partial charge on any atom is -0.394 e. The molecule has 0 aliphatic rings. The SMILES string of the molecule is CN(CCS(C)(=O)=O)CC(N)(CO)c1ccccc1. The van der Waals surface area contributed by atoms with Gasteiger partial charge in [0.2, 0.25) is 0 Å². The Kier molecular flexibility index (Phi) is 5.49. The average molecular weight is 286 g/mol. The Bertz CT molecular complexity index is 490. The number of sulfone groups is 1. The Morgan fingerprint density at radius 1 is 1.32 bits per heavy atom. The van der Waals surface area contributed by atoms with Crippen LogP contribution >= 0.6 is 0 Å². The van der Waals surface area contributed by atoms with Crippen LogP contribution in [0.2, 0.25) is 0 Å². The molecule has 0 bridgehead atoms. The van der Waals surface area contributed by atoms with Crippen LogP contribution in [0.15, 0.2) is 30.3 Å². The van der Waals surface area contributed by atoms with E-state index in [1.807, 2.05) is 35.2 Å². The molecule has 0 heterocycles. The van der Waals surface area contributed by atoms with Crippen LogP contribution in [0.5, 0.6) is 0 Å². The lowest BCUT2D eigenvalue weighted by Crippen LogP contribution is -2.50. The van der Waals surface area contributed by atoms with Crippen LogP contribution in [0, 0.1) is 0 Å². The molecule has 0 saturated carbocycles. The molecule has 0 amide bonds. The minimum absolute atomic E-state index is 0.0831. The van der Waals surface area contributed by atoms with Gasteiger partial charge in [0.1, 0.15) is 9.84 Å². The van der Waals surface area contributed by atoms with Crippen molar-refractivity contribution in [2.45, 2.75) is 5.54 Å². The van der Waals surface area contributed by atoms with Crippen molar-refractivity contribution in [2.24, 2.45) is 5.73 Å². The first-order valence-corrected chi connectivity index (χ1v) is 8.14. The van der Waals surface area contributed by atoms with E-state index in [-0.39, 0.29) is 12.4 Å². The number of benzene rings is 1. The Labute approximate surface area is 115 Å². The molecular formula is C13H22N2O3S. The van der Waals surface area contributed by atoms with Gasteiger partial charge in [0, 0.05) is 19.3 Å². The molecule has 6 heteroatoms. The highest BCUT2D eigenvalue weighted by atomic mass is 32.2. The van der Waals surface area contributed by atoms with Crippen molar-refractivity contribution in [3.63, 3.8) is 0 Å². The molecule has 1 unspecified atom stereocenters. The number of nitrogens with zero attached hydrogens (tertiary/aromatic N) is 1. The zero-order valence-corrected chi connectivity index (χ0v) is 12.2. The van der Waals surface area contributed by atoms with Gasteiger partial charge < -0.3 is 15.7 Å². The first-order valence-electron chi connectivity index (χ1n) is 6.08. The van der Waals surface area contributed by atoms with E-state index >= 15 is 0 Å². The van der Waals surface area contributed by atoms with Crippen molar-refractivity contribution in [2.75, 3.05) is 38.8 Å². The standard InChI is InChI=1S/C13H22N2O3S/c1-15(8-9-19(2,17)18)10-13(14,11-16)12-6-4-3-5-7-12/h3-7,16H,8-11,14H2,1-2H3. The number of likely N-dealkylation sites (N-methyl/N-ethyl adjacent to an activating group) is 1. The van der Waals surface area contributed by atoms with Crippen molar-refractivity contribution >= 4 is 9.84 Å². The van der Waals surface area contributed by atoms with Crippen LogP contribution in [0.3, 0.4) is 0 Å². The van der Waals surface area contributed by atoms with E-state index in [1.54, 1.807) is 7.05 Å². The molecule has 1 rings (SSSR count). The molecule has 3 N–H and O–H groups in total. The summed E-state index contributed by atoms with van der Waals surface area (Å²) in [6, 6.07) is 9.34. The number of rotatable bonds is 7. The predicted molar refractivity (Wildman–Crippen MR) is 76.6 cm³/mol. The quantitative estimate of drug-likeness (QED) is 0.726. The molecular weight excluding hydrogens is 264 g/mol. The molecule has 19 heavy (non-hydrogen) atoms. The van der Waals surface area contributed by atoms with Gasteiger partial charge in [0.25, 0.3) is 0 Å². The molecule has 1 aromatic rings. The summed E-state index contributed by atoms with van der Waals surface area (Å²) in [4.78, 5) is 1.82. The van der Waals surface area contributed by atoms with Crippen molar-refractivity contribution in [1.29, 1.82) is 0 Å². The third-order valence-electron chi connectivity index (χ3n) is 3.03. The normalized spacial score (nSPS) is 15.4. The highest BCUT2D eigenvalue weighted by Gasteiger charge is 2.28. The van der Waals surface area contributed by atoms with Crippen LogP contribution in [0.1, 0.15) is 5.56 Å². The molecule has 0 spiro atoms. The predicted octanol–water partition coefficient (Wildman–Crippen LogP) is -0.191. The van der Waals surface area contributed by atoms with E-state index in [0.717, 1.165) is 5.56 Å². The summed E-state index contributed by atoms with van der Waals surface area (Å²) >= 11 is 0. The van der Waals surface area contributed by atoms with Crippen molar-refractivity contribution in [1.82, 2.24) is 4.90 Å². The van der Waals surface area contributed by atoms with E-state index in [9.17, 15) is 13.5 Å². The Morgan fingerprint density at radius 3 is 2.37 bits per heavy atom. The minimum atomic E-state index is -2.99. The largest absolute Gasteiger partial charge is 0.394 e. The van der Waals surface area contributed by atoms with Crippen molar-refractivity contribution in [3.8, 4) is 0 Å². The maximum atomic E-state index is 11.1. The lowest BCUT2D eigenvalue weighted by Gasteiger charge is -2.32. The highest BCUT2D eigenvalue weighted by Crippen LogP contribution is 2.18. The summed E-state index contributed by atoms with van der Waals surface area (Å²) in [7, 11) is -1.19. The van der Waals surface area contributed by atoms with Crippen LogP contribution in [-0.4, -0.2) is 57.2 Å². The van der Waals surface area contributed by atoms with Crippen molar-refractivity contribution < 1.29 is 13.5 Å². The molecule has 0 fully saturated rings. The van der Waals surface area contributed by atoms with Gasteiger partial charge in [-0.1, -0.05) is 30.3 Å². The number of hydrogen-bond donors (Lipinski definition) is 2. The van der Waals surface area contributed by atoms with E-state index in [2.05, 4.69) is 0 Å². The Balaban J connectivity index is 2.71. The molecule has 108 valence electrons.